The number of hydrazine groups is 1. The Balaban J connectivity index is 1.45. The first kappa shape index (κ1) is 26.8. The molecule has 0 aliphatic carbocycles. The molecular weight excluding hydrogens is 497 g/mol. The number of hydrogen-bond acceptors (Lipinski definition) is 5. The van der Waals surface area contributed by atoms with E-state index in [1.165, 1.54) is 12.1 Å². The van der Waals surface area contributed by atoms with Crippen LogP contribution in [0.25, 0.3) is 11.1 Å². The van der Waals surface area contributed by atoms with Gasteiger partial charge in [-0.2, -0.15) is 0 Å². The fraction of sp³-hybridized carbons (Fsp3) is 0.286. The van der Waals surface area contributed by atoms with Gasteiger partial charge < -0.3 is 15.5 Å². The minimum atomic E-state index is -1.12. The van der Waals surface area contributed by atoms with Crippen LogP contribution >= 0.6 is 11.6 Å². The number of aliphatic hydroxyl groups is 1. The van der Waals surface area contributed by atoms with Gasteiger partial charge in [0, 0.05) is 17.1 Å². The lowest BCUT2D eigenvalue weighted by Crippen LogP contribution is -2.48. The summed E-state index contributed by atoms with van der Waals surface area (Å²) < 4.78 is 13.6. The molecule has 0 aromatic heterocycles. The van der Waals surface area contributed by atoms with Crippen LogP contribution in [0.15, 0.2) is 72.8 Å². The Bertz CT molecular complexity index is 1240. The average Bonchev–Trinajstić information content (AvgIpc) is 3.38. The van der Waals surface area contributed by atoms with E-state index in [9.17, 15) is 24.2 Å². The molecular formula is C28H29ClFN3O4. The van der Waals surface area contributed by atoms with Crippen LogP contribution in [-0.4, -0.2) is 40.8 Å². The number of aliphatic hydroxyl groups excluding tert-OH is 1. The molecule has 1 heterocycles. The Hall–Kier alpha value is -3.30. The highest BCUT2D eigenvalue weighted by molar-refractivity contribution is 6.31. The molecule has 0 saturated carbocycles. The molecule has 3 aromatic rings. The molecule has 1 saturated heterocycles. The van der Waals surface area contributed by atoms with Gasteiger partial charge in [0.15, 0.2) is 0 Å². The Morgan fingerprint density at radius 1 is 1.03 bits per heavy atom. The van der Waals surface area contributed by atoms with E-state index < -0.39 is 30.6 Å². The van der Waals surface area contributed by atoms with Gasteiger partial charge in [-0.05, 0) is 59.7 Å². The molecule has 0 bridgehead atoms. The molecule has 1 fully saturated rings. The van der Waals surface area contributed by atoms with Crippen LogP contribution in [0.4, 0.5) is 4.39 Å². The number of carboxylic acids is 1. The van der Waals surface area contributed by atoms with Crippen LogP contribution < -0.4 is 16.2 Å². The van der Waals surface area contributed by atoms with Crippen molar-refractivity contribution in [2.75, 3.05) is 6.61 Å². The van der Waals surface area contributed by atoms with Gasteiger partial charge in [0.2, 0.25) is 5.91 Å². The summed E-state index contributed by atoms with van der Waals surface area (Å²) in [5.41, 5.74) is 9.46. The molecule has 194 valence electrons. The van der Waals surface area contributed by atoms with Crippen molar-refractivity contribution >= 4 is 23.5 Å². The summed E-state index contributed by atoms with van der Waals surface area (Å²) in [6.45, 7) is -0.530. The number of carbonyl (C=O) groups is 2. The summed E-state index contributed by atoms with van der Waals surface area (Å²) in [5.74, 6) is -2.73. The van der Waals surface area contributed by atoms with E-state index in [4.69, 9.17) is 11.6 Å². The van der Waals surface area contributed by atoms with Gasteiger partial charge >= 0.3 is 5.97 Å². The molecule has 1 aliphatic rings. The molecule has 9 heteroatoms. The quantitative estimate of drug-likeness (QED) is 0.275. The molecule has 4 unspecified atom stereocenters. The number of nitrogens with one attached hydrogen (secondary N) is 3. The van der Waals surface area contributed by atoms with Crippen LogP contribution in [0.5, 0.6) is 0 Å². The number of rotatable bonds is 10. The second-order valence-corrected chi connectivity index (χ2v) is 9.63. The first-order valence-corrected chi connectivity index (χ1v) is 12.5. The number of carbonyl (C=O) groups excluding carboxylic acids is 1. The van der Waals surface area contributed by atoms with E-state index in [1.54, 1.807) is 12.1 Å². The second kappa shape index (κ2) is 12.3. The topological polar surface area (TPSA) is 111 Å². The average molecular weight is 526 g/mol. The molecule has 1 amide bonds. The van der Waals surface area contributed by atoms with Crippen LogP contribution in [0.1, 0.15) is 30.0 Å². The van der Waals surface area contributed by atoms with Gasteiger partial charge in [-0.15, -0.1) is 0 Å². The van der Waals surface area contributed by atoms with Crippen molar-refractivity contribution in [1.29, 1.82) is 0 Å². The van der Waals surface area contributed by atoms with Crippen molar-refractivity contribution < 1.29 is 24.2 Å². The molecule has 7 nitrogen and oxygen atoms in total. The first-order chi connectivity index (χ1) is 17.8. The van der Waals surface area contributed by atoms with Crippen molar-refractivity contribution in [3.05, 3.63) is 94.8 Å². The standard InChI is InChI=1S/C28H29ClFN3O4/c29-24-7-2-1-6-23(24)25-15-26(33-32-25)27(35)31-22(14-20(16-34)28(36)37)12-17-8-10-18(11-9-17)19-4-3-5-21(30)13-19/h1-11,13,20,22,25-26,32-34H,12,14-16H2,(H,31,35)(H,36,37). The maximum atomic E-state index is 13.6. The number of amides is 1. The lowest BCUT2D eigenvalue weighted by Gasteiger charge is -2.23. The number of hydrogen-bond donors (Lipinski definition) is 5. The second-order valence-electron chi connectivity index (χ2n) is 9.22. The molecule has 0 spiro atoms. The number of halogens is 2. The van der Waals surface area contributed by atoms with Gasteiger partial charge in [-0.25, -0.2) is 15.2 Å². The zero-order valence-electron chi connectivity index (χ0n) is 20.0. The van der Waals surface area contributed by atoms with Crippen molar-refractivity contribution in [2.24, 2.45) is 5.92 Å². The SMILES string of the molecule is O=C(O)C(CO)CC(Cc1ccc(-c2cccc(F)c2)cc1)NC(=O)C1CC(c2ccccc2Cl)NN1. The molecule has 5 N–H and O–H groups in total. The lowest BCUT2D eigenvalue weighted by molar-refractivity contribution is -0.143. The fourth-order valence-electron chi connectivity index (χ4n) is 4.57. The summed E-state index contributed by atoms with van der Waals surface area (Å²) in [7, 11) is 0. The molecule has 4 rings (SSSR count). The number of benzene rings is 3. The summed E-state index contributed by atoms with van der Waals surface area (Å²) in [6, 6.07) is 20.0. The Kier molecular flexibility index (Phi) is 8.89. The van der Waals surface area contributed by atoms with Crippen molar-refractivity contribution in [3.8, 4) is 11.1 Å². The Morgan fingerprint density at radius 3 is 2.46 bits per heavy atom. The molecule has 4 atom stereocenters. The van der Waals surface area contributed by atoms with Gasteiger partial charge in [-0.3, -0.25) is 9.59 Å². The van der Waals surface area contributed by atoms with Crippen LogP contribution in [-0.2, 0) is 16.0 Å². The highest BCUT2D eigenvalue weighted by Crippen LogP contribution is 2.28. The lowest BCUT2D eigenvalue weighted by atomic mass is 9.93. The van der Waals surface area contributed by atoms with Gasteiger partial charge in [0.05, 0.1) is 12.5 Å². The largest absolute Gasteiger partial charge is 0.481 e. The number of aliphatic carboxylic acids is 1. The molecule has 3 aromatic carbocycles. The van der Waals surface area contributed by atoms with Crippen molar-refractivity contribution in [3.63, 3.8) is 0 Å². The zero-order valence-corrected chi connectivity index (χ0v) is 20.8. The zero-order chi connectivity index (χ0) is 26.4. The summed E-state index contributed by atoms with van der Waals surface area (Å²) in [5, 5.41) is 22.6. The highest BCUT2D eigenvalue weighted by atomic mass is 35.5. The van der Waals surface area contributed by atoms with Gasteiger partial charge in [0.25, 0.3) is 0 Å². The summed E-state index contributed by atoms with van der Waals surface area (Å²) >= 11 is 6.30. The maximum Gasteiger partial charge on any atom is 0.308 e. The van der Waals surface area contributed by atoms with Crippen molar-refractivity contribution in [1.82, 2.24) is 16.2 Å². The Morgan fingerprint density at radius 2 is 1.78 bits per heavy atom. The van der Waals surface area contributed by atoms with E-state index in [0.29, 0.717) is 17.9 Å². The third-order valence-electron chi connectivity index (χ3n) is 6.58. The monoisotopic (exact) mass is 525 g/mol. The van der Waals surface area contributed by atoms with E-state index >= 15 is 0 Å². The minimum Gasteiger partial charge on any atom is -0.481 e. The highest BCUT2D eigenvalue weighted by Gasteiger charge is 2.33. The fourth-order valence-corrected chi connectivity index (χ4v) is 4.83. The van der Waals surface area contributed by atoms with E-state index in [2.05, 4.69) is 16.2 Å². The molecule has 0 radical (unpaired) electrons. The normalized spacial score (nSPS) is 18.8. The van der Waals surface area contributed by atoms with Crippen LogP contribution in [0, 0.1) is 11.7 Å². The van der Waals surface area contributed by atoms with Gasteiger partial charge in [0.1, 0.15) is 11.9 Å². The van der Waals surface area contributed by atoms with E-state index in [0.717, 1.165) is 22.3 Å². The number of carboxylic acid groups (broad SMARTS) is 1. The van der Waals surface area contributed by atoms with Gasteiger partial charge in [-0.1, -0.05) is 66.2 Å². The first-order valence-electron chi connectivity index (χ1n) is 12.1. The predicted molar refractivity (Wildman–Crippen MR) is 139 cm³/mol. The van der Waals surface area contributed by atoms with Crippen LogP contribution in [0.2, 0.25) is 5.02 Å². The Labute approximate surface area is 219 Å². The summed E-state index contributed by atoms with van der Waals surface area (Å²) in [4.78, 5) is 24.7. The van der Waals surface area contributed by atoms with Crippen molar-refractivity contribution in [2.45, 2.75) is 37.4 Å². The third-order valence-corrected chi connectivity index (χ3v) is 6.92. The maximum absolute atomic E-state index is 13.6. The smallest absolute Gasteiger partial charge is 0.308 e. The minimum absolute atomic E-state index is 0.0668. The third kappa shape index (κ3) is 6.93. The van der Waals surface area contributed by atoms with E-state index in [-0.39, 0.29) is 24.2 Å². The predicted octanol–water partition coefficient (Wildman–Crippen LogP) is 3.86. The molecule has 1 aliphatic heterocycles. The van der Waals surface area contributed by atoms with Crippen LogP contribution in [0.3, 0.4) is 0 Å². The summed E-state index contributed by atoms with van der Waals surface area (Å²) in [6.07, 6.45) is 0.900. The molecule has 37 heavy (non-hydrogen) atoms. The van der Waals surface area contributed by atoms with E-state index in [1.807, 2.05) is 48.5 Å².